The lowest BCUT2D eigenvalue weighted by atomic mass is 9.87. The van der Waals surface area contributed by atoms with Crippen molar-refractivity contribution in [2.45, 2.75) is 38.6 Å². The van der Waals surface area contributed by atoms with Crippen molar-refractivity contribution in [3.05, 3.63) is 54.0 Å². The molecule has 166 valence electrons. The third-order valence-corrected chi connectivity index (χ3v) is 5.84. The van der Waals surface area contributed by atoms with Crippen molar-refractivity contribution in [3.8, 4) is 23.4 Å². The van der Waals surface area contributed by atoms with Crippen LogP contribution in [0.3, 0.4) is 0 Å². The first-order valence-corrected chi connectivity index (χ1v) is 10.9. The Morgan fingerprint density at radius 2 is 1.97 bits per heavy atom. The van der Waals surface area contributed by atoms with Crippen molar-refractivity contribution in [2.75, 3.05) is 11.9 Å². The molecule has 0 radical (unpaired) electrons. The third kappa shape index (κ3) is 4.99. The van der Waals surface area contributed by atoms with E-state index in [-0.39, 0.29) is 18.4 Å². The van der Waals surface area contributed by atoms with E-state index in [1.165, 1.54) is 0 Å². The molecule has 0 unspecified atom stereocenters. The fraction of sp³-hybridized carbons (Fsp3) is 0.333. The SMILES string of the molecule is Cc1cnc(Nc2cnn([C@H]3CC[C@H](C#N)CC3)c2)nc1-c1ccccc1C(=O)NCC#N. The molecular weight excluding hydrogens is 416 g/mol. The molecular formula is C24H24N8O. The molecule has 9 heteroatoms. The highest BCUT2D eigenvalue weighted by atomic mass is 16.1. The van der Waals surface area contributed by atoms with E-state index in [4.69, 9.17) is 10.5 Å². The molecule has 0 saturated heterocycles. The van der Waals surface area contributed by atoms with Gasteiger partial charge in [0.05, 0.1) is 35.8 Å². The van der Waals surface area contributed by atoms with Crippen molar-refractivity contribution < 1.29 is 4.79 Å². The standard InChI is InChI=1S/C24H24N8O/c1-16-13-28-24(30-18-14-29-32(15-18)19-8-6-17(12-26)7-9-19)31-22(16)20-4-2-3-5-21(20)23(33)27-11-10-25/h2-5,13-15,17,19H,6-9,11H2,1H3,(H,27,33)(H,28,30,31)/t17-,19-. The Bertz CT molecular complexity index is 1230. The number of hydrogen-bond acceptors (Lipinski definition) is 7. The summed E-state index contributed by atoms with van der Waals surface area (Å²) < 4.78 is 1.94. The number of aromatic nitrogens is 4. The summed E-state index contributed by atoms with van der Waals surface area (Å²) in [5.74, 6) is 0.223. The highest BCUT2D eigenvalue weighted by Crippen LogP contribution is 2.32. The van der Waals surface area contributed by atoms with E-state index in [0.29, 0.717) is 28.8 Å². The van der Waals surface area contributed by atoms with E-state index in [1.54, 1.807) is 24.5 Å². The van der Waals surface area contributed by atoms with Crippen LogP contribution in [0.1, 0.15) is 47.6 Å². The van der Waals surface area contributed by atoms with Gasteiger partial charge in [-0.25, -0.2) is 9.97 Å². The van der Waals surface area contributed by atoms with Gasteiger partial charge in [0.25, 0.3) is 5.91 Å². The van der Waals surface area contributed by atoms with Crippen LogP contribution < -0.4 is 10.6 Å². The molecule has 2 heterocycles. The Balaban J connectivity index is 1.54. The molecule has 9 nitrogen and oxygen atoms in total. The average molecular weight is 441 g/mol. The lowest BCUT2D eigenvalue weighted by molar-refractivity contribution is 0.0959. The Hall–Kier alpha value is -4.24. The van der Waals surface area contributed by atoms with Gasteiger partial charge in [-0.3, -0.25) is 9.48 Å². The molecule has 4 rings (SSSR count). The zero-order valence-corrected chi connectivity index (χ0v) is 18.3. The molecule has 3 aromatic rings. The molecule has 0 bridgehead atoms. The Morgan fingerprint density at radius 3 is 2.73 bits per heavy atom. The van der Waals surface area contributed by atoms with E-state index < -0.39 is 0 Å². The number of amides is 1. The van der Waals surface area contributed by atoms with Crippen molar-refractivity contribution in [1.82, 2.24) is 25.1 Å². The Morgan fingerprint density at radius 1 is 1.18 bits per heavy atom. The van der Waals surface area contributed by atoms with Crippen molar-refractivity contribution in [2.24, 2.45) is 5.92 Å². The first kappa shape index (κ1) is 22.0. The lowest BCUT2D eigenvalue weighted by Gasteiger charge is -2.24. The quantitative estimate of drug-likeness (QED) is 0.555. The lowest BCUT2D eigenvalue weighted by Crippen LogP contribution is -2.24. The summed E-state index contributed by atoms with van der Waals surface area (Å²) in [6.07, 6.45) is 9.06. The highest BCUT2D eigenvalue weighted by Gasteiger charge is 2.23. The highest BCUT2D eigenvalue weighted by molar-refractivity contribution is 6.00. The summed E-state index contributed by atoms with van der Waals surface area (Å²) >= 11 is 0. The van der Waals surface area contributed by atoms with Crippen LogP contribution in [0, 0.1) is 35.5 Å². The minimum Gasteiger partial charge on any atom is -0.339 e. The first-order valence-electron chi connectivity index (χ1n) is 10.9. The number of nitrogens with one attached hydrogen (secondary N) is 2. The number of benzene rings is 1. The van der Waals surface area contributed by atoms with Crippen LogP contribution in [-0.4, -0.2) is 32.2 Å². The van der Waals surface area contributed by atoms with Gasteiger partial charge in [-0.1, -0.05) is 18.2 Å². The van der Waals surface area contributed by atoms with Gasteiger partial charge in [0.15, 0.2) is 0 Å². The molecule has 1 aromatic carbocycles. The summed E-state index contributed by atoms with van der Waals surface area (Å²) in [6.45, 7) is 1.82. The topological polar surface area (TPSA) is 132 Å². The van der Waals surface area contributed by atoms with Crippen LogP contribution in [0.5, 0.6) is 0 Å². The summed E-state index contributed by atoms with van der Waals surface area (Å²) in [7, 11) is 0. The third-order valence-electron chi connectivity index (χ3n) is 5.84. The van der Waals surface area contributed by atoms with Gasteiger partial charge >= 0.3 is 0 Å². The molecule has 0 spiro atoms. The summed E-state index contributed by atoms with van der Waals surface area (Å²) in [4.78, 5) is 21.6. The molecule has 0 atom stereocenters. The van der Waals surface area contributed by atoms with Crippen LogP contribution in [0.25, 0.3) is 11.3 Å². The number of carbonyl (C=O) groups excluding carboxylic acids is 1. The zero-order valence-electron chi connectivity index (χ0n) is 18.3. The monoisotopic (exact) mass is 440 g/mol. The Kier molecular flexibility index (Phi) is 6.61. The van der Waals surface area contributed by atoms with E-state index in [0.717, 1.165) is 36.9 Å². The maximum absolute atomic E-state index is 12.5. The number of hydrogen-bond donors (Lipinski definition) is 2. The van der Waals surface area contributed by atoms with Crippen LogP contribution >= 0.6 is 0 Å². The van der Waals surface area contributed by atoms with Gasteiger partial charge in [-0.2, -0.15) is 15.6 Å². The molecule has 2 aromatic heterocycles. The number of carbonyl (C=O) groups is 1. The van der Waals surface area contributed by atoms with Gasteiger partial charge in [0, 0.05) is 29.4 Å². The number of nitrogens with zero attached hydrogens (tertiary/aromatic N) is 6. The largest absolute Gasteiger partial charge is 0.339 e. The van der Waals surface area contributed by atoms with E-state index >= 15 is 0 Å². The van der Waals surface area contributed by atoms with Gasteiger partial charge in [-0.15, -0.1) is 0 Å². The number of nitriles is 2. The summed E-state index contributed by atoms with van der Waals surface area (Å²) in [5, 5.41) is 28.1. The van der Waals surface area contributed by atoms with Gasteiger partial charge in [0.1, 0.15) is 6.54 Å². The molecule has 1 aliphatic rings. The van der Waals surface area contributed by atoms with Crippen molar-refractivity contribution in [1.29, 1.82) is 10.5 Å². The summed E-state index contributed by atoms with van der Waals surface area (Å²) in [5.41, 5.74) is 3.35. The second-order valence-electron chi connectivity index (χ2n) is 8.08. The van der Waals surface area contributed by atoms with Gasteiger partial charge in [0.2, 0.25) is 5.95 Å². The minimum atomic E-state index is -0.327. The van der Waals surface area contributed by atoms with Crippen LogP contribution in [-0.2, 0) is 0 Å². The molecule has 2 N–H and O–H groups in total. The summed E-state index contributed by atoms with van der Waals surface area (Å²) in [6, 6.07) is 11.7. The van der Waals surface area contributed by atoms with Crippen LogP contribution in [0.15, 0.2) is 42.9 Å². The molecule has 33 heavy (non-hydrogen) atoms. The molecule has 1 saturated carbocycles. The molecule has 0 aliphatic heterocycles. The minimum absolute atomic E-state index is 0.0646. The molecule has 1 aliphatic carbocycles. The fourth-order valence-electron chi connectivity index (χ4n) is 4.08. The van der Waals surface area contributed by atoms with Crippen LogP contribution in [0.2, 0.25) is 0 Å². The smallest absolute Gasteiger partial charge is 0.252 e. The maximum atomic E-state index is 12.5. The Labute approximate surface area is 192 Å². The number of anilines is 2. The molecule has 1 fully saturated rings. The van der Waals surface area contributed by atoms with Gasteiger partial charge < -0.3 is 10.6 Å². The van der Waals surface area contributed by atoms with Gasteiger partial charge in [-0.05, 0) is 44.2 Å². The second kappa shape index (κ2) is 9.92. The van der Waals surface area contributed by atoms with E-state index in [9.17, 15) is 4.79 Å². The van der Waals surface area contributed by atoms with E-state index in [2.05, 4.69) is 31.8 Å². The fourth-order valence-corrected chi connectivity index (χ4v) is 4.08. The predicted octanol–water partition coefficient (Wildman–Crippen LogP) is 3.90. The first-order chi connectivity index (χ1) is 16.1. The molecule has 1 amide bonds. The number of rotatable bonds is 6. The zero-order chi connectivity index (χ0) is 23.2. The number of aryl methyl sites for hydroxylation is 1. The predicted molar refractivity (Wildman–Crippen MR) is 122 cm³/mol. The van der Waals surface area contributed by atoms with Crippen molar-refractivity contribution >= 4 is 17.5 Å². The normalized spacial score (nSPS) is 17.5. The van der Waals surface area contributed by atoms with Crippen LogP contribution in [0.4, 0.5) is 11.6 Å². The van der Waals surface area contributed by atoms with Crippen molar-refractivity contribution in [3.63, 3.8) is 0 Å². The average Bonchev–Trinajstić information content (AvgIpc) is 3.32. The maximum Gasteiger partial charge on any atom is 0.252 e. The van der Waals surface area contributed by atoms with E-state index in [1.807, 2.05) is 36.0 Å². The second-order valence-corrected chi connectivity index (χ2v) is 8.08.